The second-order valence-electron chi connectivity index (χ2n) is 6.71. The first-order valence-electron chi connectivity index (χ1n) is 8.84. The first-order chi connectivity index (χ1) is 11.4. The molecule has 1 heterocycles. The molecule has 5 heteroatoms. The van der Waals surface area contributed by atoms with Crippen molar-refractivity contribution in [2.45, 2.75) is 52.1 Å². The second-order valence-corrected chi connectivity index (χ2v) is 6.71. The van der Waals surface area contributed by atoms with Crippen LogP contribution in [0.5, 0.6) is 0 Å². The molecule has 1 aliphatic heterocycles. The first-order valence-corrected chi connectivity index (χ1v) is 8.84. The average molecular weight is 331 g/mol. The second kappa shape index (κ2) is 8.18. The van der Waals surface area contributed by atoms with Gasteiger partial charge in [0.05, 0.1) is 5.56 Å². The van der Waals surface area contributed by atoms with Gasteiger partial charge in [-0.15, -0.1) is 0 Å². The van der Waals surface area contributed by atoms with Gasteiger partial charge in [0.1, 0.15) is 0 Å². The van der Waals surface area contributed by atoms with E-state index in [1.54, 1.807) is 4.90 Å². The number of hydrogen-bond donors (Lipinski definition) is 1. The maximum atomic E-state index is 12.7. The highest BCUT2D eigenvalue weighted by molar-refractivity contribution is 5.99. The van der Waals surface area contributed by atoms with Crippen LogP contribution >= 0.6 is 0 Å². The number of carbonyl (C=O) groups is 2. The fraction of sp³-hybridized carbons (Fsp3) is 0.579. The third kappa shape index (κ3) is 4.28. The van der Waals surface area contributed by atoms with Crippen LogP contribution in [0.4, 0.5) is 5.69 Å². The van der Waals surface area contributed by atoms with Crippen molar-refractivity contribution in [2.24, 2.45) is 0 Å². The number of hydrogen-bond acceptors (Lipinski definition) is 3. The number of carbonyl (C=O) groups excluding carboxylic acids is 2. The topological polar surface area (TPSA) is 52.7 Å². The van der Waals surface area contributed by atoms with E-state index in [0.717, 1.165) is 37.2 Å². The van der Waals surface area contributed by atoms with E-state index >= 15 is 0 Å². The number of nitrogens with zero attached hydrogens (tertiary/aromatic N) is 2. The predicted octanol–water partition coefficient (Wildman–Crippen LogP) is 2.66. The van der Waals surface area contributed by atoms with E-state index in [0.29, 0.717) is 6.42 Å². The van der Waals surface area contributed by atoms with Gasteiger partial charge in [-0.25, -0.2) is 0 Å². The zero-order valence-electron chi connectivity index (χ0n) is 15.2. The van der Waals surface area contributed by atoms with E-state index in [1.807, 2.05) is 52.1 Å². The quantitative estimate of drug-likeness (QED) is 0.902. The van der Waals surface area contributed by atoms with Crippen molar-refractivity contribution < 1.29 is 9.59 Å². The predicted molar refractivity (Wildman–Crippen MR) is 97.3 cm³/mol. The summed E-state index contributed by atoms with van der Waals surface area (Å²) in [6.07, 6.45) is 2.35. The Morgan fingerprint density at radius 3 is 2.46 bits per heavy atom. The first kappa shape index (κ1) is 18.3. The maximum absolute atomic E-state index is 12.7. The Morgan fingerprint density at radius 1 is 1.25 bits per heavy atom. The monoisotopic (exact) mass is 331 g/mol. The summed E-state index contributed by atoms with van der Waals surface area (Å²) in [6, 6.07) is 8.23. The van der Waals surface area contributed by atoms with E-state index in [9.17, 15) is 9.59 Å². The van der Waals surface area contributed by atoms with Crippen molar-refractivity contribution in [2.75, 3.05) is 25.0 Å². The third-order valence-corrected chi connectivity index (χ3v) is 4.75. The van der Waals surface area contributed by atoms with E-state index in [4.69, 9.17) is 0 Å². The molecular weight excluding hydrogens is 302 g/mol. The van der Waals surface area contributed by atoms with Crippen molar-refractivity contribution in [3.8, 4) is 0 Å². The van der Waals surface area contributed by atoms with Crippen molar-refractivity contribution in [3.63, 3.8) is 0 Å². The van der Waals surface area contributed by atoms with Crippen LogP contribution in [-0.2, 0) is 4.79 Å². The minimum Gasteiger partial charge on any atom is -0.371 e. The molecular formula is C19H29N3O2. The molecule has 1 aromatic carbocycles. The van der Waals surface area contributed by atoms with Gasteiger partial charge in [0.15, 0.2) is 0 Å². The molecule has 24 heavy (non-hydrogen) atoms. The summed E-state index contributed by atoms with van der Waals surface area (Å²) < 4.78 is 0. The minimum absolute atomic E-state index is 0.0574. The van der Waals surface area contributed by atoms with Crippen LogP contribution in [0.1, 0.15) is 50.4 Å². The molecule has 1 saturated heterocycles. The highest BCUT2D eigenvalue weighted by Gasteiger charge is 2.25. The summed E-state index contributed by atoms with van der Waals surface area (Å²) in [6.45, 7) is 7.61. The smallest absolute Gasteiger partial charge is 0.255 e. The Hall–Kier alpha value is -2.04. The van der Waals surface area contributed by atoms with Gasteiger partial charge < -0.3 is 15.1 Å². The Kier molecular flexibility index (Phi) is 6.23. The lowest BCUT2D eigenvalue weighted by Gasteiger charge is -2.35. The number of para-hydroxylation sites is 1. The fourth-order valence-electron chi connectivity index (χ4n) is 2.95. The number of piperidine rings is 1. The molecule has 0 radical (unpaired) electrons. The van der Waals surface area contributed by atoms with Crippen LogP contribution in [0.2, 0.25) is 0 Å². The van der Waals surface area contributed by atoms with Crippen LogP contribution in [0.3, 0.4) is 0 Å². The van der Waals surface area contributed by atoms with Gasteiger partial charge in [0.2, 0.25) is 5.91 Å². The van der Waals surface area contributed by atoms with Gasteiger partial charge in [-0.2, -0.15) is 0 Å². The van der Waals surface area contributed by atoms with Gasteiger partial charge in [-0.3, -0.25) is 9.59 Å². The van der Waals surface area contributed by atoms with Crippen molar-refractivity contribution >= 4 is 17.5 Å². The Morgan fingerprint density at radius 2 is 1.88 bits per heavy atom. The summed E-state index contributed by atoms with van der Waals surface area (Å²) in [4.78, 5) is 28.3. The molecule has 2 rings (SSSR count). The lowest BCUT2D eigenvalue weighted by Crippen LogP contribution is -2.45. The van der Waals surface area contributed by atoms with E-state index in [1.165, 1.54) is 0 Å². The molecule has 5 nitrogen and oxygen atoms in total. The maximum Gasteiger partial charge on any atom is 0.255 e. The molecule has 1 fully saturated rings. The molecule has 0 aromatic heterocycles. The molecule has 132 valence electrons. The lowest BCUT2D eigenvalue weighted by atomic mass is 10.0. The number of anilines is 1. The molecule has 0 unspecified atom stereocenters. The Labute approximate surface area is 145 Å². The lowest BCUT2D eigenvalue weighted by molar-refractivity contribution is -0.121. The summed E-state index contributed by atoms with van der Waals surface area (Å²) in [5.41, 5.74) is 1.75. The average Bonchev–Trinajstić information content (AvgIpc) is 2.61. The summed E-state index contributed by atoms with van der Waals surface area (Å²) in [5.74, 6) is 0.171. The largest absolute Gasteiger partial charge is 0.371 e. The fourth-order valence-corrected chi connectivity index (χ4v) is 2.95. The number of nitrogens with one attached hydrogen (secondary N) is 1. The molecule has 2 amide bonds. The zero-order valence-corrected chi connectivity index (χ0v) is 15.2. The highest BCUT2D eigenvalue weighted by atomic mass is 16.2. The van der Waals surface area contributed by atoms with Crippen LogP contribution in [0.15, 0.2) is 24.3 Å². The van der Waals surface area contributed by atoms with Gasteiger partial charge in [0, 0.05) is 44.3 Å². The summed E-state index contributed by atoms with van der Waals surface area (Å²) in [7, 11) is 1.84. The SMILES string of the molecule is CCC(=O)NC1CCN(c2ccccc2C(=O)N(C)C(C)C)CC1. The molecule has 1 aliphatic rings. The summed E-state index contributed by atoms with van der Waals surface area (Å²) >= 11 is 0. The van der Waals surface area contributed by atoms with Crippen LogP contribution in [0.25, 0.3) is 0 Å². The Balaban J connectivity index is 2.08. The van der Waals surface area contributed by atoms with Crippen molar-refractivity contribution in [1.82, 2.24) is 10.2 Å². The van der Waals surface area contributed by atoms with E-state index < -0.39 is 0 Å². The molecule has 1 N–H and O–H groups in total. The van der Waals surface area contributed by atoms with Gasteiger partial charge >= 0.3 is 0 Å². The normalized spacial score (nSPS) is 15.5. The molecule has 0 saturated carbocycles. The number of benzene rings is 1. The molecule has 0 bridgehead atoms. The van der Waals surface area contributed by atoms with E-state index in [-0.39, 0.29) is 23.9 Å². The third-order valence-electron chi connectivity index (χ3n) is 4.75. The Bertz CT molecular complexity index is 578. The van der Waals surface area contributed by atoms with Crippen molar-refractivity contribution in [1.29, 1.82) is 0 Å². The van der Waals surface area contributed by atoms with Gasteiger partial charge in [-0.05, 0) is 38.8 Å². The van der Waals surface area contributed by atoms with Crippen LogP contribution in [-0.4, -0.2) is 48.9 Å². The number of rotatable bonds is 5. The molecule has 0 aliphatic carbocycles. The summed E-state index contributed by atoms with van der Waals surface area (Å²) in [5, 5.41) is 3.07. The van der Waals surface area contributed by atoms with Crippen molar-refractivity contribution in [3.05, 3.63) is 29.8 Å². The molecule has 1 aromatic rings. The zero-order chi connectivity index (χ0) is 17.7. The van der Waals surface area contributed by atoms with Gasteiger partial charge in [0.25, 0.3) is 5.91 Å². The molecule has 0 atom stereocenters. The highest BCUT2D eigenvalue weighted by Crippen LogP contribution is 2.25. The standard InChI is InChI=1S/C19H29N3O2/c1-5-18(23)20-15-10-12-22(13-11-15)17-9-7-6-8-16(17)19(24)21(4)14(2)3/h6-9,14-15H,5,10-13H2,1-4H3,(H,20,23). The van der Waals surface area contributed by atoms with Crippen LogP contribution in [0, 0.1) is 0 Å². The number of amides is 2. The molecule has 0 spiro atoms. The van der Waals surface area contributed by atoms with E-state index in [2.05, 4.69) is 10.2 Å². The minimum atomic E-state index is 0.0574. The van der Waals surface area contributed by atoms with Gasteiger partial charge in [-0.1, -0.05) is 19.1 Å². The van der Waals surface area contributed by atoms with Crippen LogP contribution < -0.4 is 10.2 Å².